The van der Waals surface area contributed by atoms with E-state index >= 15 is 0 Å². The van der Waals surface area contributed by atoms with Crippen LogP contribution < -0.4 is 0 Å². The van der Waals surface area contributed by atoms with Gasteiger partial charge in [-0.15, -0.1) is 0 Å². The van der Waals surface area contributed by atoms with Crippen LogP contribution in [-0.2, 0) is 28.6 Å². The first kappa shape index (κ1) is 57.4. The Morgan fingerprint density at radius 1 is 0.333 bits per heavy atom. The molecule has 0 spiro atoms. The van der Waals surface area contributed by atoms with E-state index in [-0.39, 0.29) is 31.1 Å². The Morgan fingerprint density at radius 3 is 0.983 bits per heavy atom. The molecule has 1 unspecified atom stereocenters. The highest BCUT2D eigenvalue weighted by Crippen LogP contribution is 2.14. The lowest BCUT2D eigenvalue weighted by Gasteiger charge is -2.18. The third-order valence-corrected chi connectivity index (χ3v) is 11.0. The first-order valence-electron chi connectivity index (χ1n) is 25.6. The zero-order valence-corrected chi connectivity index (χ0v) is 39.7. The second-order valence-corrected chi connectivity index (χ2v) is 17.1. The lowest BCUT2D eigenvalue weighted by atomic mass is 10.1. The van der Waals surface area contributed by atoms with Crippen molar-refractivity contribution < 1.29 is 28.6 Å². The maximum Gasteiger partial charge on any atom is 0.306 e. The average molecular weight is 841 g/mol. The second-order valence-electron chi connectivity index (χ2n) is 17.1. The molecule has 0 aliphatic carbocycles. The summed E-state index contributed by atoms with van der Waals surface area (Å²) in [6.07, 6.45) is 58.1. The van der Waals surface area contributed by atoms with E-state index in [1.165, 1.54) is 135 Å². The predicted molar refractivity (Wildman–Crippen MR) is 256 cm³/mol. The summed E-state index contributed by atoms with van der Waals surface area (Å²) in [7, 11) is 0. The summed E-state index contributed by atoms with van der Waals surface area (Å²) < 4.78 is 16.8. The summed E-state index contributed by atoms with van der Waals surface area (Å²) >= 11 is 0. The smallest absolute Gasteiger partial charge is 0.306 e. The van der Waals surface area contributed by atoms with Crippen LogP contribution in [0.5, 0.6) is 0 Å². The van der Waals surface area contributed by atoms with Gasteiger partial charge in [-0.3, -0.25) is 14.4 Å². The molecule has 0 N–H and O–H groups in total. The molecule has 0 aromatic heterocycles. The van der Waals surface area contributed by atoms with Crippen LogP contribution >= 0.6 is 0 Å². The van der Waals surface area contributed by atoms with Gasteiger partial charge in [-0.1, -0.05) is 191 Å². The van der Waals surface area contributed by atoms with Crippen LogP contribution in [0.2, 0.25) is 0 Å². The molecule has 0 saturated heterocycles. The number of hydrogen-bond acceptors (Lipinski definition) is 6. The van der Waals surface area contributed by atoms with E-state index in [1.54, 1.807) is 0 Å². The molecule has 0 rings (SSSR count). The average Bonchev–Trinajstić information content (AvgIpc) is 3.24. The number of ether oxygens (including phenoxy) is 3. The van der Waals surface area contributed by atoms with E-state index in [1.807, 2.05) is 0 Å². The van der Waals surface area contributed by atoms with Gasteiger partial charge in [0.15, 0.2) is 6.10 Å². The maximum absolute atomic E-state index is 12.7. The van der Waals surface area contributed by atoms with Crippen LogP contribution in [0.1, 0.15) is 258 Å². The molecular formula is C54H96O6. The van der Waals surface area contributed by atoms with Gasteiger partial charge in [0.25, 0.3) is 0 Å². The van der Waals surface area contributed by atoms with Crippen LogP contribution in [0.3, 0.4) is 0 Å². The summed E-state index contributed by atoms with van der Waals surface area (Å²) in [6.45, 7) is 6.54. The van der Waals surface area contributed by atoms with Gasteiger partial charge in [-0.05, 0) is 96.3 Å². The Kier molecular flexibility index (Phi) is 46.9. The summed E-state index contributed by atoms with van der Waals surface area (Å²) in [5, 5.41) is 0. The van der Waals surface area contributed by atoms with Crippen LogP contribution in [0.15, 0.2) is 48.6 Å². The molecule has 348 valence electrons. The van der Waals surface area contributed by atoms with E-state index in [4.69, 9.17) is 14.2 Å². The van der Waals surface area contributed by atoms with Gasteiger partial charge >= 0.3 is 17.9 Å². The van der Waals surface area contributed by atoms with Crippen molar-refractivity contribution in [1.29, 1.82) is 0 Å². The highest BCUT2D eigenvalue weighted by Gasteiger charge is 2.19. The van der Waals surface area contributed by atoms with Crippen molar-refractivity contribution >= 4 is 17.9 Å². The highest BCUT2D eigenvalue weighted by atomic mass is 16.6. The van der Waals surface area contributed by atoms with Crippen molar-refractivity contribution in [2.45, 2.75) is 264 Å². The topological polar surface area (TPSA) is 78.9 Å². The van der Waals surface area contributed by atoms with E-state index < -0.39 is 6.10 Å². The molecule has 1 atom stereocenters. The van der Waals surface area contributed by atoms with Gasteiger partial charge in [-0.25, -0.2) is 0 Å². The normalized spacial score (nSPS) is 12.4. The minimum absolute atomic E-state index is 0.0807. The molecule has 0 amide bonds. The second kappa shape index (κ2) is 49.0. The fourth-order valence-corrected chi connectivity index (χ4v) is 7.09. The van der Waals surface area contributed by atoms with Crippen LogP contribution in [0.25, 0.3) is 0 Å². The lowest BCUT2D eigenvalue weighted by Crippen LogP contribution is -2.30. The summed E-state index contributed by atoms with van der Waals surface area (Å²) in [4.78, 5) is 37.9. The summed E-state index contributed by atoms with van der Waals surface area (Å²) in [5.74, 6) is -0.900. The molecule has 0 heterocycles. The van der Waals surface area contributed by atoms with Crippen molar-refractivity contribution in [2.75, 3.05) is 13.2 Å². The standard InChI is InChI=1S/C54H96O6/c1-4-7-10-13-16-19-22-24-25-26-27-28-29-30-33-35-38-41-44-47-53(56)59-50-51(49-58-52(55)46-43-40-37-34-31-21-18-15-12-9-6-3)60-54(57)48-45-42-39-36-32-23-20-17-14-11-8-5-2/h15-20,24-25,51H,4-14,21-23,26-50H2,1-3H3/b18-15-,19-16-,20-17-,25-24-. The number of rotatable bonds is 46. The van der Waals surface area contributed by atoms with Crippen LogP contribution in [-0.4, -0.2) is 37.2 Å². The van der Waals surface area contributed by atoms with Crippen molar-refractivity contribution in [3.8, 4) is 0 Å². The maximum atomic E-state index is 12.7. The van der Waals surface area contributed by atoms with E-state index in [9.17, 15) is 14.4 Å². The van der Waals surface area contributed by atoms with Crippen molar-refractivity contribution in [2.24, 2.45) is 0 Å². The fourth-order valence-electron chi connectivity index (χ4n) is 7.09. The zero-order valence-electron chi connectivity index (χ0n) is 39.7. The third kappa shape index (κ3) is 46.4. The molecule has 0 radical (unpaired) electrons. The minimum Gasteiger partial charge on any atom is -0.462 e. The Hall–Kier alpha value is -2.63. The molecule has 0 fully saturated rings. The molecule has 0 aliphatic rings. The molecule has 0 aromatic rings. The van der Waals surface area contributed by atoms with Gasteiger partial charge < -0.3 is 14.2 Å². The Morgan fingerprint density at radius 2 is 0.617 bits per heavy atom. The molecule has 0 bridgehead atoms. The largest absolute Gasteiger partial charge is 0.462 e. The lowest BCUT2D eigenvalue weighted by molar-refractivity contribution is -0.167. The van der Waals surface area contributed by atoms with Gasteiger partial charge in [0.2, 0.25) is 0 Å². The van der Waals surface area contributed by atoms with Gasteiger partial charge in [0.05, 0.1) is 0 Å². The quantitative estimate of drug-likeness (QED) is 0.0263. The minimum atomic E-state index is -0.779. The molecule has 0 saturated carbocycles. The number of esters is 3. The van der Waals surface area contributed by atoms with E-state index in [0.29, 0.717) is 19.3 Å². The monoisotopic (exact) mass is 841 g/mol. The first-order chi connectivity index (χ1) is 29.5. The van der Waals surface area contributed by atoms with Crippen LogP contribution in [0.4, 0.5) is 0 Å². The fraction of sp³-hybridized carbons (Fsp3) is 0.796. The number of hydrogen-bond donors (Lipinski definition) is 0. The first-order valence-corrected chi connectivity index (χ1v) is 25.6. The molecule has 6 heteroatoms. The predicted octanol–water partition coefficient (Wildman–Crippen LogP) is 16.7. The SMILES string of the molecule is CCCC/C=C\CCCCCCCC(=O)OCC(COC(=O)CCCCCCCCCCC/C=C\C/C=C\CCCCC)OC(=O)CCCCCCC/C=C\CCCCC. The van der Waals surface area contributed by atoms with Crippen molar-refractivity contribution in [3.05, 3.63) is 48.6 Å². The van der Waals surface area contributed by atoms with Gasteiger partial charge in [-0.2, -0.15) is 0 Å². The Labute approximate surface area is 371 Å². The van der Waals surface area contributed by atoms with Crippen LogP contribution in [0, 0.1) is 0 Å². The number of carbonyl (C=O) groups is 3. The summed E-state index contributed by atoms with van der Waals surface area (Å²) in [6, 6.07) is 0. The van der Waals surface area contributed by atoms with Gasteiger partial charge in [0.1, 0.15) is 13.2 Å². The van der Waals surface area contributed by atoms with Gasteiger partial charge in [0, 0.05) is 19.3 Å². The number of unbranched alkanes of at least 4 members (excludes halogenated alkanes) is 27. The molecule has 6 nitrogen and oxygen atoms in total. The van der Waals surface area contributed by atoms with Crippen molar-refractivity contribution in [1.82, 2.24) is 0 Å². The van der Waals surface area contributed by atoms with E-state index in [2.05, 4.69) is 69.4 Å². The number of allylic oxidation sites excluding steroid dienone is 8. The van der Waals surface area contributed by atoms with Crippen molar-refractivity contribution in [3.63, 3.8) is 0 Å². The third-order valence-electron chi connectivity index (χ3n) is 11.0. The summed E-state index contributed by atoms with van der Waals surface area (Å²) in [5.41, 5.74) is 0. The molecule has 60 heavy (non-hydrogen) atoms. The highest BCUT2D eigenvalue weighted by molar-refractivity contribution is 5.71. The number of carbonyl (C=O) groups excluding carboxylic acids is 3. The molecular weight excluding hydrogens is 745 g/mol. The zero-order chi connectivity index (χ0) is 43.7. The molecule has 0 aromatic carbocycles. The van der Waals surface area contributed by atoms with E-state index in [0.717, 1.165) is 83.5 Å². The Balaban J connectivity index is 4.32. The Bertz CT molecular complexity index is 1060. The molecule has 0 aliphatic heterocycles.